The van der Waals surface area contributed by atoms with E-state index in [9.17, 15) is 0 Å². The van der Waals surface area contributed by atoms with Crippen LogP contribution in [0.4, 0.5) is 5.82 Å². The molecule has 1 heterocycles. The third-order valence-electron chi connectivity index (χ3n) is 3.48. The third kappa shape index (κ3) is 3.32. The summed E-state index contributed by atoms with van der Waals surface area (Å²) in [5.41, 5.74) is 0.952. The summed E-state index contributed by atoms with van der Waals surface area (Å²) in [6.07, 6.45) is 6.81. The van der Waals surface area contributed by atoms with Crippen LogP contribution in [0.5, 0.6) is 0 Å². The first-order valence-electron chi connectivity index (χ1n) is 6.41. The van der Waals surface area contributed by atoms with Crippen LogP contribution in [0.15, 0.2) is 0 Å². The van der Waals surface area contributed by atoms with Gasteiger partial charge in [0.15, 0.2) is 0 Å². The van der Waals surface area contributed by atoms with E-state index in [0.717, 1.165) is 29.7 Å². The number of nitrogens with one attached hydrogen (secondary N) is 1. The fourth-order valence-electron chi connectivity index (χ4n) is 2.40. The Labute approximate surface area is 108 Å². The van der Waals surface area contributed by atoms with Gasteiger partial charge >= 0.3 is 0 Å². The van der Waals surface area contributed by atoms with Gasteiger partial charge < -0.3 is 5.32 Å². The van der Waals surface area contributed by atoms with Crippen LogP contribution in [0.3, 0.4) is 0 Å². The van der Waals surface area contributed by atoms with Crippen molar-refractivity contribution in [1.82, 2.24) is 9.97 Å². The van der Waals surface area contributed by atoms with Gasteiger partial charge in [0, 0.05) is 12.1 Å². The highest BCUT2D eigenvalue weighted by Gasteiger charge is 2.14. The highest BCUT2D eigenvalue weighted by molar-refractivity contribution is 6.30. The molecule has 2 rings (SSSR count). The number of nitrogens with zero attached hydrogens (tertiary/aromatic N) is 2. The van der Waals surface area contributed by atoms with Gasteiger partial charge in [-0.1, -0.05) is 30.9 Å². The molecule has 0 aromatic carbocycles. The lowest BCUT2D eigenvalue weighted by molar-refractivity contribution is 0.373. The average molecular weight is 254 g/mol. The highest BCUT2D eigenvalue weighted by atomic mass is 35.5. The van der Waals surface area contributed by atoms with E-state index >= 15 is 0 Å². The molecule has 1 fully saturated rings. The second kappa shape index (κ2) is 5.67. The van der Waals surface area contributed by atoms with Crippen molar-refractivity contribution in [2.75, 3.05) is 11.9 Å². The number of aromatic nitrogens is 2. The van der Waals surface area contributed by atoms with Crippen molar-refractivity contribution in [3.05, 3.63) is 16.5 Å². The van der Waals surface area contributed by atoms with Gasteiger partial charge in [-0.15, -0.1) is 0 Å². The Morgan fingerprint density at radius 1 is 1.18 bits per heavy atom. The molecule has 0 unspecified atom stereocenters. The maximum atomic E-state index is 6.05. The molecule has 0 bridgehead atoms. The van der Waals surface area contributed by atoms with Gasteiger partial charge in [-0.3, -0.25) is 0 Å². The lowest BCUT2D eigenvalue weighted by Gasteiger charge is -2.22. The Morgan fingerprint density at radius 3 is 2.59 bits per heavy atom. The van der Waals surface area contributed by atoms with Crippen molar-refractivity contribution in [2.24, 2.45) is 5.92 Å². The molecule has 3 nitrogen and oxygen atoms in total. The first kappa shape index (κ1) is 12.6. The van der Waals surface area contributed by atoms with Gasteiger partial charge in [0.05, 0.1) is 0 Å². The molecule has 0 spiro atoms. The fraction of sp³-hybridized carbons (Fsp3) is 0.692. The van der Waals surface area contributed by atoms with Gasteiger partial charge in [0.2, 0.25) is 0 Å². The van der Waals surface area contributed by atoms with Crippen LogP contribution in [-0.4, -0.2) is 16.5 Å². The number of rotatable bonds is 3. The Bertz CT molecular complexity index is 386. The molecule has 1 N–H and O–H groups in total. The van der Waals surface area contributed by atoms with Gasteiger partial charge in [0.25, 0.3) is 0 Å². The summed E-state index contributed by atoms with van der Waals surface area (Å²) in [7, 11) is 0. The van der Waals surface area contributed by atoms with Crippen LogP contribution in [0.2, 0.25) is 5.15 Å². The molecule has 0 aliphatic heterocycles. The van der Waals surface area contributed by atoms with Gasteiger partial charge in [0.1, 0.15) is 16.8 Å². The number of halogens is 1. The molecule has 1 aliphatic carbocycles. The van der Waals surface area contributed by atoms with E-state index in [1.807, 2.05) is 13.8 Å². The lowest BCUT2D eigenvalue weighted by Crippen LogP contribution is -2.18. The quantitative estimate of drug-likeness (QED) is 0.834. The topological polar surface area (TPSA) is 37.8 Å². The molecule has 0 atom stereocenters. The number of aryl methyl sites for hydroxylation is 1. The maximum Gasteiger partial charge on any atom is 0.137 e. The zero-order valence-electron chi connectivity index (χ0n) is 10.6. The average Bonchev–Trinajstić information content (AvgIpc) is 2.33. The van der Waals surface area contributed by atoms with E-state index in [-0.39, 0.29) is 0 Å². The largest absolute Gasteiger partial charge is 0.369 e. The van der Waals surface area contributed by atoms with Crippen molar-refractivity contribution >= 4 is 17.4 Å². The minimum Gasteiger partial charge on any atom is -0.369 e. The summed E-state index contributed by atoms with van der Waals surface area (Å²) < 4.78 is 0. The first-order chi connectivity index (χ1) is 8.16. The van der Waals surface area contributed by atoms with Crippen molar-refractivity contribution in [2.45, 2.75) is 46.0 Å². The molecule has 0 saturated heterocycles. The second-order valence-corrected chi connectivity index (χ2v) is 5.28. The SMILES string of the molecule is Cc1nc(Cl)c(C)c(NCC2CCCCC2)n1. The second-order valence-electron chi connectivity index (χ2n) is 4.92. The molecule has 0 amide bonds. The molecule has 1 aromatic heterocycles. The molecule has 1 aromatic rings. The molecule has 1 saturated carbocycles. The zero-order valence-corrected chi connectivity index (χ0v) is 11.3. The fourth-order valence-corrected chi connectivity index (χ4v) is 2.61. The summed E-state index contributed by atoms with van der Waals surface area (Å²) in [5, 5.41) is 3.99. The molecule has 0 radical (unpaired) electrons. The summed E-state index contributed by atoms with van der Waals surface area (Å²) in [4.78, 5) is 8.55. The first-order valence-corrected chi connectivity index (χ1v) is 6.79. The summed E-state index contributed by atoms with van der Waals surface area (Å²) in [5.74, 6) is 2.41. The summed E-state index contributed by atoms with van der Waals surface area (Å²) in [6.45, 7) is 4.84. The Balaban J connectivity index is 1.98. The molecule has 4 heteroatoms. The summed E-state index contributed by atoms with van der Waals surface area (Å²) in [6, 6.07) is 0. The van der Waals surface area contributed by atoms with Crippen LogP contribution in [0.1, 0.15) is 43.5 Å². The minimum absolute atomic E-state index is 0.559. The van der Waals surface area contributed by atoms with Gasteiger partial charge in [-0.25, -0.2) is 9.97 Å². The predicted octanol–water partition coefficient (Wildman–Crippen LogP) is 3.74. The van der Waals surface area contributed by atoms with E-state index in [1.165, 1.54) is 32.1 Å². The highest BCUT2D eigenvalue weighted by Crippen LogP contribution is 2.25. The Hall–Kier alpha value is -0.830. The maximum absolute atomic E-state index is 6.05. The predicted molar refractivity (Wildman–Crippen MR) is 71.6 cm³/mol. The third-order valence-corrected chi connectivity index (χ3v) is 3.85. The van der Waals surface area contributed by atoms with E-state index in [0.29, 0.717) is 5.15 Å². The zero-order chi connectivity index (χ0) is 12.3. The number of hydrogen-bond acceptors (Lipinski definition) is 3. The van der Waals surface area contributed by atoms with Crippen molar-refractivity contribution in [3.8, 4) is 0 Å². The van der Waals surface area contributed by atoms with Crippen LogP contribution in [0.25, 0.3) is 0 Å². The van der Waals surface area contributed by atoms with Crippen LogP contribution in [0, 0.1) is 19.8 Å². The number of hydrogen-bond donors (Lipinski definition) is 1. The standard InChI is InChI=1S/C13H20ClN3/c1-9-12(14)16-10(2)17-13(9)15-8-11-6-4-3-5-7-11/h11H,3-8H2,1-2H3,(H,15,16,17). The Morgan fingerprint density at radius 2 is 1.88 bits per heavy atom. The van der Waals surface area contributed by atoms with E-state index in [2.05, 4.69) is 15.3 Å². The smallest absolute Gasteiger partial charge is 0.137 e. The van der Waals surface area contributed by atoms with Gasteiger partial charge in [-0.05, 0) is 32.6 Å². The van der Waals surface area contributed by atoms with Crippen molar-refractivity contribution in [3.63, 3.8) is 0 Å². The minimum atomic E-state index is 0.559. The molecule has 1 aliphatic rings. The monoisotopic (exact) mass is 253 g/mol. The molecule has 94 valence electrons. The normalized spacial score (nSPS) is 17.1. The van der Waals surface area contributed by atoms with Crippen LogP contribution in [-0.2, 0) is 0 Å². The summed E-state index contributed by atoms with van der Waals surface area (Å²) >= 11 is 6.05. The Kier molecular flexibility index (Phi) is 4.21. The van der Waals surface area contributed by atoms with Crippen LogP contribution < -0.4 is 5.32 Å². The molecular formula is C13H20ClN3. The number of anilines is 1. The van der Waals surface area contributed by atoms with Crippen LogP contribution >= 0.6 is 11.6 Å². The molecular weight excluding hydrogens is 234 g/mol. The van der Waals surface area contributed by atoms with E-state index < -0.39 is 0 Å². The lowest BCUT2D eigenvalue weighted by atomic mass is 9.89. The molecule has 17 heavy (non-hydrogen) atoms. The van der Waals surface area contributed by atoms with E-state index in [1.54, 1.807) is 0 Å². The van der Waals surface area contributed by atoms with Crippen molar-refractivity contribution < 1.29 is 0 Å². The van der Waals surface area contributed by atoms with Gasteiger partial charge in [-0.2, -0.15) is 0 Å². The van der Waals surface area contributed by atoms with Crippen molar-refractivity contribution in [1.29, 1.82) is 0 Å². The van der Waals surface area contributed by atoms with E-state index in [4.69, 9.17) is 11.6 Å².